The third kappa shape index (κ3) is 3.18. The molecule has 4 heterocycles. The fourth-order valence-corrected chi connectivity index (χ4v) is 5.45. The Kier molecular flexibility index (Phi) is 4.32. The predicted octanol–water partition coefficient (Wildman–Crippen LogP) is 1.09. The minimum Gasteiger partial charge on any atom is -0.377 e. The van der Waals surface area contributed by atoms with Gasteiger partial charge in [0, 0.05) is 39.1 Å². The van der Waals surface area contributed by atoms with Gasteiger partial charge in [0.2, 0.25) is 5.91 Å². The molecule has 1 amide bonds. The SMILES string of the molecule is CN(C)C(=O)C1C2CN(C3CC4COCC(C3)N4c3nc(C(F)(F)F)no3)CC21. The van der Waals surface area contributed by atoms with Crippen molar-refractivity contribution < 1.29 is 27.2 Å². The van der Waals surface area contributed by atoms with Crippen LogP contribution >= 0.6 is 0 Å². The van der Waals surface area contributed by atoms with Crippen LogP contribution < -0.4 is 4.90 Å². The zero-order valence-corrected chi connectivity index (χ0v) is 16.3. The molecule has 3 saturated heterocycles. The number of anilines is 1. The van der Waals surface area contributed by atoms with E-state index in [0.717, 1.165) is 25.9 Å². The van der Waals surface area contributed by atoms with Gasteiger partial charge in [-0.15, -0.1) is 0 Å². The van der Waals surface area contributed by atoms with E-state index < -0.39 is 12.0 Å². The van der Waals surface area contributed by atoms with Gasteiger partial charge < -0.3 is 19.1 Å². The lowest BCUT2D eigenvalue weighted by atomic mass is 9.89. The van der Waals surface area contributed by atoms with E-state index in [1.165, 1.54) is 0 Å². The zero-order chi connectivity index (χ0) is 20.5. The van der Waals surface area contributed by atoms with Crippen molar-refractivity contribution in [3.8, 4) is 0 Å². The molecular weight excluding hydrogens is 391 g/mol. The summed E-state index contributed by atoms with van der Waals surface area (Å²) in [4.78, 5) is 21.7. The number of nitrogens with zero attached hydrogens (tertiary/aromatic N) is 5. The van der Waals surface area contributed by atoms with Gasteiger partial charge >= 0.3 is 12.2 Å². The third-order valence-electron chi connectivity index (χ3n) is 6.85. The first-order valence-electron chi connectivity index (χ1n) is 9.96. The summed E-state index contributed by atoms with van der Waals surface area (Å²) in [6.07, 6.45) is -3.08. The van der Waals surface area contributed by atoms with Crippen molar-refractivity contribution in [2.45, 2.75) is 37.1 Å². The lowest BCUT2D eigenvalue weighted by molar-refractivity contribution is -0.146. The Balaban J connectivity index is 1.25. The van der Waals surface area contributed by atoms with E-state index in [4.69, 9.17) is 9.26 Å². The topological polar surface area (TPSA) is 74.9 Å². The summed E-state index contributed by atoms with van der Waals surface area (Å²) in [5.74, 6) is -0.00147. The van der Waals surface area contributed by atoms with Crippen molar-refractivity contribution in [3.05, 3.63) is 5.82 Å². The maximum absolute atomic E-state index is 12.8. The van der Waals surface area contributed by atoms with Crippen LogP contribution in [0.1, 0.15) is 18.7 Å². The smallest absolute Gasteiger partial charge is 0.377 e. The summed E-state index contributed by atoms with van der Waals surface area (Å²) < 4.78 is 49.1. The van der Waals surface area contributed by atoms with Crippen LogP contribution in [0.15, 0.2) is 4.52 Å². The molecule has 4 aliphatic rings. The molecule has 4 atom stereocenters. The molecule has 0 spiro atoms. The molecular formula is C18H24F3N5O3. The van der Waals surface area contributed by atoms with Gasteiger partial charge in [0.05, 0.1) is 25.3 Å². The fraction of sp³-hybridized carbons (Fsp3) is 0.833. The molecule has 160 valence electrons. The Labute approximate surface area is 165 Å². The van der Waals surface area contributed by atoms with Crippen molar-refractivity contribution in [1.29, 1.82) is 0 Å². The standard InChI is InChI=1S/C18H24F3N5O3/c1-24(2)15(27)14-12-5-25(6-13(12)14)9-3-10-7-28-8-11(4-9)26(10)17-22-16(23-29-17)18(19,20)21/h9-14H,3-8H2,1-2H3. The van der Waals surface area contributed by atoms with Crippen LogP contribution in [0.5, 0.6) is 0 Å². The molecule has 0 radical (unpaired) electrons. The predicted molar refractivity (Wildman–Crippen MR) is 93.9 cm³/mol. The number of carbonyl (C=O) groups is 1. The monoisotopic (exact) mass is 415 g/mol. The highest BCUT2D eigenvalue weighted by molar-refractivity contribution is 5.82. The molecule has 5 rings (SSSR count). The second-order valence-electron chi connectivity index (χ2n) is 8.82. The van der Waals surface area contributed by atoms with Crippen molar-refractivity contribution >= 4 is 11.9 Å². The molecule has 3 aliphatic heterocycles. The number of halogens is 3. The van der Waals surface area contributed by atoms with Gasteiger partial charge in [-0.1, -0.05) is 0 Å². The minimum atomic E-state index is -4.62. The van der Waals surface area contributed by atoms with Crippen LogP contribution in [-0.4, -0.2) is 84.4 Å². The van der Waals surface area contributed by atoms with E-state index in [2.05, 4.69) is 15.0 Å². The zero-order valence-electron chi connectivity index (χ0n) is 16.3. The van der Waals surface area contributed by atoms with Crippen LogP contribution in [0.2, 0.25) is 0 Å². The van der Waals surface area contributed by atoms with Gasteiger partial charge in [0.1, 0.15) is 0 Å². The largest absolute Gasteiger partial charge is 0.455 e. The lowest BCUT2D eigenvalue weighted by Crippen LogP contribution is -2.61. The number of ether oxygens (including phenoxy) is 1. The fourth-order valence-electron chi connectivity index (χ4n) is 5.45. The highest BCUT2D eigenvalue weighted by Gasteiger charge is 2.61. The molecule has 11 heteroatoms. The van der Waals surface area contributed by atoms with Crippen molar-refractivity contribution in [2.24, 2.45) is 17.8 Å². The quantitative estimate of drug-likeness (QED) is 0.732. The molecule has 29 heavy (non-hydrogen) atoms. The van der Waals surface area contributed by atoms with Crippen LogP contribution in [-0.2, 0) is 15.7 Å². The first-order valence-corrected chi connectivity index (χ1v) is 9.96. The summed E-state index contributed by atoms with van der Waals surface area (Å²) in [5.41, 5.74) is 0. The maximum Gasteiger partial charge on any atom is 0.455 e. The molecule has 0 N–H and O–H groups in total. The number of aromatic nitrogens is 2. The third-order valence-corrected chi connectivity index (χ3v) is 6.85. The van der Waals surface area contributed by atoms with Crippen molar-refractivity contribution in [2.75, 3.05) is 45.3 Å². The summed E-state index contributed by atoms with van der Waals surface area (Å²) in [6, 6.07) is 0.0726. The van der Waals surface area contributed by atoms with E-state index in [1.807, 2.05) is 4.90 Å². The van der Waals surface area contributed by atoms with Gasteiger partial charge in [0.15, 0.2) is 0 Å². The normalized spacial score (nSPS) is 36.8. The number of fused-ring (bicyclic) bond motifs is 3. The van der Waals surface area contributed by atoms with E-state index in [0.29, 0.717) is 31.1 Å². The van der Waals surface area contributed by atoms with Crippen LogP contribution in [0, 0.1) is 17.8 Å². The van der Waals surface area contributed by atoms with Crippen molar-refractivity contribution in [1.82, 2.24) is 19.9 Å². The number of rotatable bonds is 3. The second kappa shape index (κ2) is 6.56. The minimum absolute atomic E-state index is 0.0741. The van der Waals surface area contributed by atoms with E-state index in [1.54, 1.807) is 19.0 Å². The Bertz CT molecular complexity index is 774. The average Bonchev–Trinajstić information content (AvgIpc) is 3.04. The number of alkyl halides is 3. The number of hydrogen-bond acceptors (Lipinski definition) is 7. The Hall–Kier alpha value is -1.88. The number of likely N-dealkylation sites (tertiary alicyclic amines) is 1. The van der Waals surface area contributed by atoms with Crippen LogP contribution in [0.4, 0.5) is 19.2 Å². The van der Waals surface area contributed by atoms with Crippen LogP contribution in [0.25, 0.3) is 0 Å². The van der Waals surface area contributed by atoms with Gasteiger partial charge in [-0.25, -0.2) is 0 Å². The molecule has 1 aliphatic carbocycles. The highest BCUT2D eigenvalue weighted by atomic mass is 19.4. The highest BCUT2D eigenvalue weighted by Crippen LogP contribution is 2.53. The summed E-state index contributed by atoms with van der Waals surface area (Å²) >= 11 is 0. The van der Waals surface area contributed by atoms with E-state index in [9.17, 15) is 18.0 Å². The molecule has 1 aromatic heterocycles. The Morgan fingerprint density at radius 1 is 1.10 bits per heavy atom. The van der Waals surface area contributed by atoms with Gasteiger partial charge in [-0.2, -0.15) is 18.2 Å². The molecule has 1 saturated carbocycles. The van der Waals surface area contributed by atoms with E-state index >= 15 is 0 Å². The second-order valence-corrected chi connectivity index (χ2v) is 8.82. The van der Waals surface area contributed by atoms with Crippen LogP contribution in [0.3, 0.4) is 0 Å². The Morgan fingerprint density at radius 2 is 1.72 bits per heavy atom. The van der Waals surface area contributed by atoms with Gasteiger partial charge in [0.25, 0.3) is 5.82 Å². The van der Waals surface area contributed by atoms with Crippen molar-refractivity contribution in [3.63, 3.8) is 0 Å². The van der Waals surface area contributed by atoms with Gasteiger partial charge in [-0.3, -0.25) is 9.69 Å². The lowest BCUT2D eigenvalue weighted by Gasteiger charge is -2.49. The first-order chi connectivity index (χ1) is 13.7. The molecule has 0 aromatic carbocycles. The number of hydrogen-bond donors (Lipinski definition) is 0. The van der Waals surface area contributed by atoms with E-state index in [-0.39, 0.29) is 29.9 Å². The molecule has 4 unspecified atom stereocenters. The Morgan fingerprint density at radius 3 is 2.24 bits per heavy atom. The molecule has 8 nitrogen and oxygen atoms in total. The number of morpholine rings is 1. The number of carbonyl (C=O) groups excluding carboxylic acids is 1. The molecule has 2 bridgehead atoms. The maximum atomic E-state index is 12.8. The number of amides is 1. The summed E-state index contributed by atoms with van der Waals surface area (Å²) in [5, 5.41) is 3.10. The molecule has 4 fully saturated rings. The van der Waals surface area contributed by atoms with Gasteiger partial charge in [-0.05, 0) is 29.8 Å². The average molecular weight is 415 g/mol. The number of piperidine rings is 2. The summed E-state index contributed by atoms with van der Waals surface area (Å²) in [6.45, 7) is 2.69. The summed E-state index contributed by atoms with van der Waals surface area (Å²) in [7, 11) is 3.60. The first kappa shape index (κ1) is 19.1. The molecule has 1 aromatic rings.